The molecule has 1 aliphatic rings. The van der Waals surface area contributed by atoms with Crippen LogP contribution in [0.3, 0.4) is 0 Å². The lowest BCUT2D eigenvalue weighted by molar-refractivity contribution is 0.111. The standard InChI is InChI=1S/C13H16ClNO2/c1-15(8-10-4-3-7-17-10)13-6-2-5-12(14)11(13)9-16/h2,5-6,9-10H,3-4,7-8H2,1H3. The number of benzene rings is 1. The summed E-state index contributed by atoms with van der Waals surface area (Å²) in [4.78, 5) is 13.1. The predicted octanol–water partition coefficient (Wildman–Crippen LogP) is 2.77. The molecule has 4 heteroatoms. The van der Waals surface area contributed by atoms with Crippen molar-refractivity contribution in [1.29, 1.82) is 0 Å². The molecular weight excluding hydrogens is 238 g/mol. The van der Waals surface area contributed by atoms with Crippen molar-refractivity contribution in [3.63, 3.8) is 0 Å². The number of nitrogens with zero attached hydrogens (tertiary/aromatic N) is 1. The minimum Gasteiger partial charge on any atom is -0.376 e. The third kappa shape index (κ3) is 2.79. The van der Waals surface area contributed by atoms with E-state index in [1.807, 2.05) is 24.1 Å². The van der Waals surface area contributed by atoms with Gasteiger partial charge in [-0.2, -0.15) is 0 Å². The Morgan fingerprint density at radius 1 is 1.59 bits per heavy atom. The summed E-state index contributed by atoms with van der Waals surface area (Å²) in [6.45, 7) is 1.63. The van der Waals surface area contributed by atoms with E-state index in [1.165, 1.54) is 0 Å². The van der Waals surface area contributed by atoms with E-state index in [0.717, 1.165) is 38.0 Å². The van der Waals surface area contributed by atoms with Crippen LogP contribution in [-0.2, 0) is 4.74 Å². The average Bonchev–Trinajstić information content (AvgIpc) is 2.81. The number of hydrogen-bond acceptors (Lipinski definition) is 3. The van der Waals surface area contributed by atoms with E-state index in [4.69, 9.17) is 16.3 Å². The first-order valence-electron chi connectivity index (χ1n) is 5.79. The number of likely N-dealkylation sites (N-methyl/N-ethyl adjacent to an activating group) is 1. The fourth-order valence-corrected chi connectivity index (χ4v) is 2.38. The van der Waals surface area contributed by atoms with Crippen molar-refractivity contribution in [2.75, 3.05) is 25.1 Å². The van der Waals surface area contributed by atoms with Crippen LogP contribution in [0.4, 0.5) is 5.69 Å². The van der Waals surface area contributed by atoms with Gasteiger partial charge in [0, 0.05) is 25.9 Å². The summed E-state index contributed by atoms with van der Waals surface area (Å²) in [6, 6.07) is 5.50. The van der Waals surface area contributed by atoms with Gasteiger partial charge in [-0.1, -0.05) is 17.7 Å². The maximum Gasteiger partial charge on any atom is 0.153 e. The lowest BCUT2D eigenvalue weighted by atomic mass is 10.1. The molecule has 1 heterocycles. The van der Waals surface area contributed by atoms with Gasteiger partial charge >= 0.3 is 0 Å². The lowest BCUT2D eigenvalue weighted by Crippen LogP contribution is -2.29. The summed E-state index contributed by atoms with van der Waals surface area (Å²) in [5, 5.41) is 0.497. The van der Waals surface area contributed by atoms with Crippen LogP contribution in [0.1, 0.15) is 23.2 Å². The van der Waals surface area contributed by atoms with Gasteiger partial charge in [-0.05, 0) is 25.0 Å². The van der Waals surface area contributed by atoms with Crippen molar-refractivity contribution in [3.05, 3.63) is 28.8 Å². The summed E-state index contributed by atoms with van der Waals surface area (Å²) in [5.74, 6) is 0. The zero-order chi connectivity index (χ0) is 12.3. The van der Waals surface area contributed by atoms with Gasteiger partial charge in [0.2, 0.25) is 0 Å². The zero-order valence-electron chi connectivity index (χ0n) is 9.86. The highest BCUT2D eigenvalue weighted by molar-refractivity contribution is 6.33. The number of carbonyl (C=O) groups is 1. The van der Waals surface area contributed by atoms with Gasteiger partial charge in [-0.3, -0.25) is 4.79 Å². The molecule has 2 rings (SSSR count). The normalized spacial score (nSPS) is 19.3. The molecule has 3 nitrogen and oxygen atoms in total. The second kappa shape index (κ2) is 5.52. The van der Waals surface area contributed by atoms with E-state index in [2.05, 4.69) is 0 Å². The predicted molar refractivity (Wildman–Crippen MR) is 69.1 cm³/mol. The highest BCUT2D eigenvalue weighted by Crippen LogP contribution is 2.26. The molecule has 1 saturated heterocycles. The molecule has 1 atom stereocenters. The fourth-order valence-electron chi connectivity index (χ4n) is 2.17. The second-order valence-corrected chi connectivity index (χ2v) is 4.71. The van der Waals surface area contributed by atoms with Crippen molar-refractivity contribution in [3.8, 4) is 0 Å². The Kier molecular flexibility index (Phi) is 4.02. The molecule has 0 radical (unpaired) electrons. The Bertz CT molecular complexity index is 402. The monoisotopic (exact) mass is 253 g/mol. The maximum atomic E-state index is 11.0. The van der Waals surface area contributed by atoms with E-state index in [9.17, 15) is 4.79 Å². The number of rotatable bonds is 4. The molecule has 1 aromatic carbocycles. The number of halogens is 1. The number of hydrogen-bond donors (Lipinski definition) is 0. The van der Waals surface area contributed by atoms with Crippen LogP contribution in [0.2, 0.25) is 5.02 Å². The highest BCUT2D eigenvalue weighted by Gasteiger charge is 2.19. The second-order valence-electron chi connectivity index (χ2n) is 4.31. The van der Waals surface area contributed by atoms with Crippen molar-refractivity contribution in [2.24, 2.45) is 0 Å². The van der Waals surface area contributed by atoms with Crippen LogP contribution in [0.15, 0.2) is 18.2 Å². The molecule has 0 aromatic heterocycles. The molecule has 17 heavy (non-hydrogen) atoms. The third-order valence-corrected chi connectivity index (χ3v) is 3.39. The molecule has 1 aliphatic heterocycles. The lowest BCUT2D eigenvalue weighted by Gasteiger charge is -2.24. The molecule has 1 unspecified atom stereocenters. The fraction of sp³-hybridized carbons (Fsp3) is 0.462. The Balaban J connectivity index is 2.14. The summed E-state index contributed by atoms with van der Waals surface area (Å²) >= 11 is 6.00. The first-order valence-corrected chi connectivity index (χ1v) is 6.16. The number of anilines is 1. The number of carbonyl (C=O) groups excluding carboxylic acids is 1. The van der Waals surface area contributed by atoms with E-state index in [-0.39, 0.29) is 6.10 Å². The molecule has 0 aliphatic carbocycles. The summed E-state index contributed by atoms with van der Waals surface area (Å²) in [6.07, 6.45) is 3.28. The topological polar surface area (TPSA) is 29.5 Å². The number of aldehydes is 1. The first-order chi connectivity index (χ1) is 8.22. The molecule has 1 fully saturated rings. The molecule has 0 N–H and O–H groups in total. The van der Waals surface area contributed by atoms with E-state index in [1.54, 1.807) is 6.07 Å². The van der Waals surface area contributed by atoms with Gasteiger partial charge in [0.15, 0.2) is 6.29 Å². The van der Waals surface area contributed by atoms with Crippen LogP contribution >= 0.6 is 11.6 Å². The molecule has 0 bridgehead atoms. The average molecular weight is 254 g/mol. The maximum absolute atomic E-state index is 11.0. The van der Waals surface area contributed by atoms with Crippen molar-refractivity contribution >= 4 is 23.6 Å². The van der Waals surface area contributed by atoms with E-state index < -0.39 is 0 Å². The van der Waals surface area contributed by atoms with Crippen LogP contribution in [0.25, 0.3) is 0 Å². The Labute approximate surface area is 106 Å². The van der Waals surface area contributed by atoms with Crippen LogP contribution < -0.4 is 4.90 Å². The van der Waals surface area contributed by atoms with Crippen LogP contribution in [0.5, 0.6) is 0 Å². The van der Waals surface area contributed by atoms with Gasteiger partial charge < -0.3 is 9.64 Å². The van der Waals surface area contributed by atoms with E-state index >= 15 is 0 Å². The van der Waals surface area contributed by atoms with Crippen molar-refractivity contribution < 1.29 is 9.53 Å². The van der Waals surface area contributed by atoms with Gasteiger partial charge in [0.05, 0.1) is 16.7 Å². The van der Waals surface area contributed by atoms with Crippen molar-refractivity contribution in [1.82, 2.24) is 0 Å². The van der Waals surface area contributed by atoms with Crippen LogP contribution in [-0.4, -0.2) is 32.6 Å². The van der Waals surface area contributed by atoms with Gasteiger partial charge in [-0.25, -0.2) is 0 Å². The Morgan fingerprint density at radius 2 is 2.41 bits per heavy atom. The van der Waals surface area contributed by atoms with Gasteiger partial charge in [0.1, 0.15) is 0 Å². The summed E-state index contributed by atoms with van der Waals surface area (Å²) in [5.41, 5.74) is 1.41. The van der Waals surface area contributed by atoms with Crippen molar-refractivity contribution in [2.45, 2.75) is 18.9 Å². The minimum absolute atomic E-state index is 0.262. The molecule has 0 spiro atoms. The minimum atomic E-state index is 0.262. The molecular formula is C13H16ClNO2. The highest BCUT2D eigenvalue weighted by atomic mass is 35.5. The van der Waals surface area contributed by atoms with Gasteiger partial charge in [-0.15, -0.1) is 0 Å². The van der Waals surface area contributed by atoms with E-state index in [0.29, 0.717) is 10.6 Å². The smallest absolute Gasteiger partial charge is 0.153 e. The molecule has 0 amide bonds. The third-order valence-electron chi connectivity index (χ3n) is 3.06. The Morgan fingerprint density at radius 3 is 3.06 bits per heavy atom. The van der Waals surface area contributed by atoms with Gasteiger partial charge in [0.25, 0.3) is 0 Å². The largest absolute Gasteiger partial charge is 0.376 e. The SMILES string of the molecule is CN(CC1CCCO1)c1cccc(Cl)c1C=O. The zero-order valence-corrected chi connectivity index (χ0v) is 10.6. The van der Waals surface area contributed by atoms with Crippen LogP contribution in [0, 0.1) is 0 Å². The summed E-state index contributed by atoms with van der Waals surface area (Å²) in [7, 11) is 1.96. The first kappa shape index (κ1) is 12.4. The molecule has 0 saturated carbocycles. The Hall–Kier alpha value is -1.06. The number of ether oxygens (including phenoxy) is 1. The molecule has 92 valence electrons. The summed E-state index contributed by atoms with van der Waals surface area (Å²) < 4.78 is 5.59. The molecule has 1 aromatic rings. The quantitative estimate of drug-likeness (QED) is 0.773.